The molecule has 1 aliphatic heterocycles. The first kappa shape index (κ1) is 17.9. The largest absolute Gasteiger partial charge is 0.497 e. The first-order chi connectivity index (χ1) is 12.6. The van der Waals surface area contributed by atoms with Gasteiger partial charge in [-0.05, 0) is 23.3 Å². The molecule has 0 saturated heterocycles. The van der Waals surface area contributed by atoms with Crippen LogP contribution in [0.25, 0.3) is 0 Å². The summed E-state index contributed by atoms with van der Waals surface area (Å²) in [7, 11) is 1.61. The first-order valence-electron chi connectivity index (χ1n) is 8.33. The molecule has 0 aliphatic carbocycles. The molecule has 2 aromatic carbocycles. The standard InChI is InChI=1S/C20H21NO5/c1-24-18-9-5-8-16(10-18)13-25-14-17-12-20(19(22)23,26-21-17)11-15-6-3-2-4-7-15/h2-10H,11-14H2,1H3,(H,22,23). The fourth-order valence-electron chi connectivity index (χ4n) is 2.88. The zero-order valence-corrected chi connectivity index (χ0v) is 14.6. The fourth-order valence-corrected chi connectivity index (χ4v) is 2.88. The molecule has 1 N–H and O–H groups in total. The number of aliphatic carboxylic acids is 1. The molecule has 136 valence electrons. The highest BCUT2D eigenvalue weighted by Gasteiger charge is 2.46. The van der Waals surface area contributed by atoms with E-state index in [0.29, 0.717) is 12.3 Å². The Labute approximate surface area is 152 Å². The number of carboxylic acids is 1. The van der Waals surface area contributed by atoms with Crippen LogP contribution >= 0.6 is 0 Å². The van der Waals surface area contributed by atoms with E-state index in [2.05, 4.69) is 5.16 Å². The summed E-state index contributed by atoms with van der Waals surface area (Å²) in [5.41, 5.74) is 1.09. The molecule has 3 rings (SSSR count). The molecule has 0 saturated carbocycles. The van der Waals surface area contributed by atoms with Gasteiger partial charge in [0.25, 0.3) is 0 Å². The predicted molar refractivity (Wildman–Crippen MR) is 96.3 cm³/mol. The smallest absolute Gasteiger partial charge is 0.351 e. The van der Waals surface area contributed by atoms with Gasteiger partial charge in [0, 0.05) is 12.8 Å². The van der Waals surface area contributed by atoms with Crippen LogP contribution in [0.15, 0.2) is 59.8 Å². The van der Waals surface area contributed by atoms with Crippen molar-refractivity contribution in [2.24, 2.45) is 5.16 Å². The van der Waals surface area contributed by atoms with E-state index in [1.54, 1.807) is 7.11 Å². The van der Waals surface area contributed by atoms with E-state index in [0.717, 1.165) is 16.9 Å². The van der Waals surface area contributed by atoms with Crippen LogP contribution in [0.1, 0.15) is 17.5 Å². The van der Waals surface area contributed by atoms with E-state index in [4.69, 9.17) is 14.3 Å². The van der Waals surface area contributed by atoms with Gasteiger partial charge in [0.15, 0.2) is 0 Å². The average Bonchev–Trinajstić information content (AvgIpc) is 3.07. The number of oxime groups is 1. The van der Waals surface area contributed by atoms with Gasteiger partial charge in [0.2, 0.25) is 5.60 Å². The molecule has 0 spiro atoms. The van der Waals surface area contributed by atoms with Gasteiger partial charge < -0.3 is 19.4 Å². The molecule has 0 aromatic heterocycles. The van der Waals surface area contributed by atoms with Crippen molar-refractivity contribution in [3.05, 3.63) is 65.7 Å². The van der Waals surface area contributed by atoms with Gasteiger partial charge in [0.1, 0.15) is 5.75 Å². The Balaban J connectivity index is 1.56. The Morgan fingerprint density at radius 1 is 1.15 bits per heavy atom. The zero-order chi connectivity index (χ0) is 18.4. The third kappa shape index (κ3) is 4.21. The zero-order valence-electron chi connectivity index (χ0n) is 14.6. The summed E-state index contributed by atoms with van der Waals surface area (Å²) in [4.78, 5) is 17.1. The van der Waals surface area contributed by atoms with Gasteiger partial charge in [-0.2, -0.15) is 0 Å². The van der Waals surface area contributed by atoms with Crippen molar-refractivity contribution in [3.8, 4) is 5.75 Å². The van der Waals surface area contributed by atoms with Gasteiger partial charge >= 0.3 is 5.97 Å². The molecular weight excluding hydrogens is 334 g/mol. The van der Waals surface area contributed by atoms with Crippen LogP contribution in [0.5, 0.6) is 5.75 Å². The van der Waals surface area contributed by atoms with E-state index in [1.165, 1.54) is 0 Å². The summed E-state index contributed by atoms with van der Waals surface area (Å²) < 4.78 is 10.8. The SMILES string of the molecule is COc1cccc(COCC2=NOC(Cc3ccccc3)(C(=O)O)C2)c1. The summed E-state index contributed by atoms with van der Waals surface area (Å²) in [6, 6.07) is 17.0. The number of benzene rings is 2. The molecule has 1 aliphatic rings. The number of nitrogens with zero attached hydrogens (tertiary/aromatic N) is 1. The lowest BCUT2D eigenvalue weighted by Crippen LogP contribution is -2.41. The number of hydrogen-bond acceptors (Lipinski definition) is 5. The monoisotopic (exact) mass is 355 g/mol. The van der Waals surface area contributed by atoms with Gasteiger partial charge in [0.05, 0.1) is 26.0 Å². The molecule has 1 atom stereocenters. The number of ether oxygens (including phenoxy) is 2. The molecule has 0 fully saturated rings. The Bertz CT molecular complexity index is 790. The van der Waals surface area contributed by atoms with Crippen LogP contribution in [0.4, 0.5) is 0 Å². The fraction of sp³-hybridized carbons (Fsp3) is 0.300. The van der Waals surface area contributed by atoms with Crippen molar-refractivity contribution in [1.82, 2.24) is 0 Å². The predicted octanol–water partition coefficient (Wildman–Crippen LogP) is 3.05. The van der Waals surface area contributed by atoms with Gasteiger partial charge in [-0.15, -0.1) is 0 Å². The number of methoxy groups -OCH3 is 1. The Kier molecular flexibility index (Phi) is 5.53. The van der Waals surface area contributed by atoms with Crippen LogP contribution in [-0.4, -0.2) is 36.1 Å². The van der Waals surface area contributed by atoms with Crippen LogP contribution < -0.4 is 4.74 Å². The van der Waals surface area contributed by atoms with Crippen molar-refractivity contribution in [3.63, 3.8) is 0 Å². The minimum absolute atomic E-state index is 0.204. The second-order valence-electron chi connectivity index (χ2n) is 6.23. The maximum absolute atomic E-state index is 11.8. The van der Waals surface area contributed by atoms with Crippen molar-refractivity contribution in [2.75, 3.05) is 13.7 Å². The van der Waals surface area contributed by atoms with Crippen LogP contribution in [0, 0.1) is 0 Å². The molecular formula is C20H21NO5. The van der Waals surface area contributed by atoms with E-state index in [9.17, 15) is 9.90 Å². The third-order valence-electron chi connectivity index (χ3n) is 4.23. The Morgan fingerprint density at radius 2 is 1.92 bits per heavy atom. The van der Waals surface area contributed by atoms with E-state index >= 15 is 0 Å². The van der Waals surface area contributed by atoms with Gasteiger partial charge in [-0.3, -0.25) is 0 Å². The van der Waals surface area contributed by atoms with E-state index < -0.39 is 11.6 Å². The number of carbonyl (C=O) groups is 1. The molecule has 1 heterocycles. The van der Waals surface area contributed by atoms with Crippen molar-refractivity contribution in [2.45, 2.75) is 25.0 Å². The normalized spacial score (nSPS) is 18.9. The summed E-state index contributed by atoms with van der Waals surface area (Å²) in [6.45, 7) is 0.607. The number of rotatable bonds is 8. The lowest BCUT2D eigenvalue weighted by molar-refractivity contribution is -0.162. The Hall–Kier alpha value is -2.86. The lowest BCUT2D eigenvalue weighted by Gasteiger charge is -2.21. The van der Waals surface area contributed by atoms with Gasteiger partial charge in [-0.1, -0.05) is 47.6 Å². The number of carboxylic acid groups (broad SMARTS) is 1. The molecule has 6 nitrogen and oxygen atoms in total. The second-order valence-corrected chi connectivity index (χ2v) is 6.23. The molecule has 0 radical (unpaired) electrons. The summed E-state index contributed by atoms with van der Waals surface area (Å²) in [5.74, 6) is -0.256. The van der Waals surface area contributed by atoms with Crippen LogP contribution in [-0.2, 0) is 27.4 Å². The maximum atomic E-state index is 11.8. The van der Waals surface area contributed by atoms with Crippen LogP contribution in [0.3, 0.4) is 0 Å². The van der Waals surface area contributed by atoms with E-state index in [-0.39, 0.29) is 19.4 Å². The van der Waals surface area contributed by atoms with Gasteiger partial charge in [-0.25, -0.2) is 4.79 Å². The van der Waals surface area contributed by atoms with Crippen molar-refractivity contribution in [1.29, 1.82) is 0 Å². The van der Waals surface area contributed by atoms with Crippen molar-refractivity contribution >= 4 is 11.7 Å². The third-order valence-corrected chi connectivity index (χ3v) is 4.23. The minimum Gasteiger partial charge on any atom is -0.497 e. The summed E-state index contributed by atoms with van der Waals surface area (Å²) in [5, 5.41) is 13.6. The molecule has 1 unspecified atom stereocenters. The van der Waals surface area contributed by atoms with Crippen LogP contribution in [0.2, 0.25) is 0 Å². The lowest BCUT2D eigenvalue weighted by atomic mass is 9.90. The average molecular weight is 355 g/mol. The maximum Gasteiger partial charge on any atom is 0.351 e. The Morgan fingerprint density at radius 3 is 2.65 bits per heavy atom. The second kappa shape index (κ2) is 8.01. The first-order valence-corrected chi connectivity index (χ1v) is 8.33. The molecule has 2 aromatic rings. The minimum atomic E-state index is -1.37. The van der Waals surface area contributed by atoms with Crippen molar-refractivity contribution < 1.29 is 24.2 Å². The molecule has 0 amide bonds. The highest BCUT2D eigenvalue weighted by atomic mass is 16.7. The number of hydrogen-bond donors (Lipinski definition) is 1. The summed E-state index contributed by atoms with van der Waals surface area (Å²) in [6.07, 6.45) is 0.460. The topological polar surface area (TPSA) is 77.3 Å². The quantitative estimate of drug-likeness (QED) is 0.787. The summed E-state index contributed by atoms with van der Waals surface area (Å²) >= 11 is 0. The highest BCUT2D eigenvalue weighted by molar-refractivity contribution is 5.94. The molecule has 0 bridgehead atoms. The highest BCUT2D eigenvalue weighted by Crippen LogP contribution is 2.29. The van der Waals surface area contributed by atoms with E-state index in [1.807, 2.05) is 54.6 Å². The molecule has 26 heavy (non-hydrogen) atoms. The molecule has 6 heteroatoms.